The molecule has 0 saturated carbocycles. The number of unbranched alkanes of at least 4 members (excludes halogenated alkanes) is 4. The maximum absolute atomic E-state index is 10.3. The van der Waals surface area contributed by atoms with E-state index < -0.39 is 5.97 Å². The van der Waals surface area contributed by atoms with Crippen LogP contribution in [0.2, 0.25) is 0 Å². The molecule has 0 aliphatic carbocycles. The van der Waals surface area contributed by atoms with Crippen molar-refractivity contribution in [2.24, 2.45) is 0 Å². The van der Waals surface area contributed by atoms with Crippen molar-refractivity contribution in [2.75, 3.05) is 0 Å². The largest absolute Gasteiger partial charge is 0.481 e. The third-order valence-electron chi connectivity index (χ3n) is 2.05. The first-order valence-corrected chi connectivity index (χ1v) is 5.58. The molecule has 0 heterocycles. The molecule has 1 N–H and O–H groups in total. The lowest BCUT2D eigenvalue weighted by atomic mass is 10.1. The fourth-order valence-electron chi connectivity index (χ4n) is 1.29. The van der Waals surface area contributed by atoms with Gasteiger partial charge in [0.15, 0.2) is 0 Å². The van der Waals surface area contributed by atoms with Crippen molar-refractivity contribution >= 4 is 18.6 Å². The Morgan fingerprint density at radius 3 is 2.46 bits per heavy atom. The fraction of sp³-hybridized carbons (Fsp3) is 0.900. The number of hydrogen-bond donors (Lipinski definition) is 2. The molecule has 0 bridgehead atoms. The summed E-state index contributed by atoms with van der Waals surface area (Å²) >= 11 is 4.21. The highest BCUT2D eigenvalue weighted by molar-refractivity contribution is 7.81. The number of aliphatic carboxylic acids is 1. The number of carboxylic acid groups (broad SMARTS) is 1. The molecule has 0 spiro atoms. The van der Waals surface area contributed by atoms with E-state index in [2.05, 4.69) is 19.6 Å². The van der Waals surface area contributed by atoms with Gasteiger partial charge in [-0.2, -0.15) is 12.6 Å². The summed E-state index contributed by atoms with van der Waals surface area (Å²) in [6.45, 7) is 2.19. The lowest BCUT2D eigenvalue weighted by Crippen LogP contribution is -2.06. The summed E-state index contributed by atoms with van der Waals surface area (Å²) < 4.78 is 0. The van der Waals surface area contributed by atoms with Gasteiger partial charge >= 0.3 is 5.97 Å². The molecule has 0 rings (SSSR count). The second-order valence-electron chi connectivity index (χ2n) is 3.45. The molecule has 0 aliphatic heterocycles. The summed E-state index contributed by atoms with van der Waals surface area (Å²) in [5.74, 6) is -0.742. The second-order valence-corrected chi connectivity index (χ2v) is 4.18. The Morgan fingerprint density at radius 2 is 1.92 bits per heavy atom. The van der Waals surface area contributed by atoms with Crippen LogP contribution in [-0.4, -0.2) is 16.3 Å². The molecule has 1 atom stereocenters. The van der Waals surface area contributed by atoms with Crippen LogP contribution in [0.25, 0.3) is 0 Å². The fourth-order valence-corrected chi connectivity index (χ4v) is 1.63. The summed E-state index contributed by atoms with van der Waals surface area (Å²) in [7, 11) is 0. The molecule has 0 aromatic rings. The smallest absolute Gasteiger partial charge is 0.304 e. The van der Waals surface area contributed by atoms with Gasteiger partial charge in [-0.1, -0.05) is 39.0 Å². The minimum atomic E-state index is -0.742. The van der Waals surface area contributed by atoms with Gasteiger partial charge in [0.25, 0.3) is 0 Å². The lowest BCUT2D eigenvalue weighted by molar-refractivity contribution is -0.136. The summed E-state index contributed by atoms with van der Waals surface area (Å²) in [6.07, 6.45) is 7.25. The SMILES string of the molecule is CCCCCCCC(S)CC(=O)O. The number of carbonyl (C=O) groups is 1. The zero-order chi connectivity index (χ0) is 10.1. The van der Waals surface area contributed by atoms with E-state index in [0.717, 1.165) is 12.8 Å². The van der Waals surface area contributed by atoms with Crippen molar-refractivity contribution in [1.82, 2.24) is 0 Å². The Labute approximate surface area is 86.1 Å². The topological polar surface area (TPSA) is 37.3 Å². The van der Waals surface area contributed by atoms with Crippen LogP contribution in [0.4, 0.5) is 0 Å². The van der Waals surface area contributed by atoms with Crippen molar-refractivity contribution in [3.63, 3.8) is 0 Å². The molecule has 0 fully saturated rings. The van der Waals surface area contributed by atoms with Gasteiger partial charge in [0.2, 0.25) is 0 Å². The van der Waals surface area contributed by atoms with Gasteiger partial charge in [0.05, 0.1) is 6.42 Å². The Bertz CT molecular complexity index is 137. The average Bonchev–Trinajstić information content (AvgIpc) is 2.02. The highest BCUT2D eigenvalue weighted by Crippen LogP contribution is 2.13. The first kappa shape index (κ1) is 12.8. The Morgan fingerprint density at radius 1 is 1.31 bits per heavy atom. The van der Waals surface area contributed by atoms with E-state index in [4.69, 9.17) is 5.11 Å². The summed E-state index contributed by atoms with van der Waals surface area (Å²) in [5, 5.41) is 8.52. The molecule has 78 valence electrons. The van der Waals surface area contributed by atoms with Crippen molar-refractivity contribution < 1.29 is 9.90 Å². The van der Waals surface area contributed by atoms with E-state index in [0.29, 0.717) is 0 Å². The van der Waals surface area contributed by atoms with Crippen molar-refractivity contribution in [3.05, 3.63) is 0 Å². The van der Waals surface area contributed by atoms with Crippen LogP contribution in [0.15, 0.2) is 0 Å². The maximum Gasteiger partial charge on any atom is 0.304 e. The molecular weight excluding hydrogens is 184 g/mol. The first-order valence-electron chi connectivity index (χ1n) is 5.06. The van der Waals surface area contributed by atoms with E-state index in [1.54, 1.807) is 0 Å². The minimum Gasteiger partial charge on any atom is -0.481 e. The molecule has 13 heavy (non-hydrogen) atoms. The van der Waals surface area contributed by atoms with Crippen LogP contribution >= 0.6 is 12.6 Å². The molecule has 1 unspecified atom stereocenters. The number of rotatable bonds is 8. The highest BCUT2D eigenvalue weighted by Gasteiger charge is 2.07. The highest BCUT2D eigenvalue weighted by atomic mass is 32.1. The molecule has 0 aliphatic rings. The molecule has 0 aromatic carbocycles. The van der Waals surface area contributed by atoms with Gasteiger partial charge < -0.3 is 5.11 Å². The predicted molar refractivity (Wildman–Crippen MR) is 58.4 cm³/mol. The lowest BCUT2D eigenvalue weighted by Gasteiger charge is -2.06. The summed E-state index contributed by atoms with van der Waals surface area (Å²) in [4.78, 5) is 10.3. The van der Waals surface area contributed by atoms with E-state index >= 15 is 0 Å². The van der Waals surface area contributed by atoms with E-state index in [1.807, 2.05) is 0 Å². The number of carboxylic acids is 1. The number of thiol groups is 1. The van der Waals surface area contributed by atoms with Gasteiger partial charge in [-0.15, -0.1) is 0 Å². The van der Waals surface area contributed by atoms with Crippen LogP contribution in [0.1, 0.15) is 51.9 Å². The van der Waals surface area contributed by atoms with Crippen LogP contribution in [0.3, 0.4) is 0 Å². The van der Waals surface area contributed by atoms with Gasteiger partial charge in [-0.3, -0.25) is 4.79 Å². The third kappa shape index (κ3) is 9.74. The van der Waals surface area contributed by atoms with Crippen molar-refractivity contribution in [2.45, 2.75) is 57.1 Å². The number of hydrogen-bond acceptors (Lipinski definition) is 2. The zero-order valence-corrected chi connectivity index (χ0v) is 9.22. The average molecular weight is 204 g/mol. The molecule has 3 heteroatoms. The quantitative estimate of drug-likeness (QED) is 0.471. The van der Waals surface area contributed by atoms with Crippen LogP contribution in [0.5, 0.6) is 0 Å². The van der Waals surface area contributed by atoms with E-state index in [-0.39, 0.29) is 11.7 Å². The monoisotopic (exact) mass is 204 g/mol. The van der Waals surface area contributed by atoms with Gasteiger partial charge in [-0.25, -0.2) is 0 Å². The summed E-state index contributed by atoms with van der Waals surface area (Å²) in [6, 6.07) is 0. The zero-order valence-electron chi connectivity index (χ0n) is 8.33. The van der Waals surface area contributed by atoms with Crippen LogP contribution < -0.4 is 0 Å². The van der Waals surface area contributed by atoms with E-state index in [1.165, 1.54) is 25.7 Å². The molecular formula is C10H20O2S. The molecule has 0 radical (unpaired) electrons. The molecule has 0 aromatic heterocycles. The van der Waals surface area contributed by atoms with Crippen molar-refractivity contribution in [1.29, 1.82) is 0 Å². The maximum atomic E-state index is 10.3. The van der Waals surface area contributed by atoms with Gasteiger partial charge in [0, 0.05) is 5.25 Å². The molecule has 0 amide bonds. The van der Waals surface area contributed by atoms with Crippen LogP contribution in [0, 0.1) is 0 Å². The Kier molecular flexibility index (Phi) is 8.30. The normalized spacial score (nSPS) is 12.8. The second kappa shape index (κ2) is 8.42. The predicted octanol–water partition coefficient (Wildman–Crippen LogP) is 3.12. The third-order valence-corrected chi connectivity index (χ3v) is 2.49. The standard InChI is InChI=1S/C10H20O2S/c1-2-3-4-5-6-7-9(13)8-10(11)12/h9,13H,2-8H2,1H3,(H,11,12). The first-order chi connectivity index (χ1) is 6.16. The van der Waals surface area contributed by atoms with Gasteiger partial charge in [-0.05, 0) is 6.42 Å². The van der Waals surface area contributed by atoms with Crippen LogP contribution in [-0.2, 0) is 4.79 Å². The summed E-state index contributed by atoms with van der Waals surface area (Å²) in [5.41, 5.74) is 0. The molecule has 0 saturated heterocycles. The van der Waals surface area contributed by atoms with Gasteiger partial charge in [0.1, 0.15) is 0 Å². The minimum absolute atomic E-state index is 0.0409. The van der Waals surface area contributed by atoms with Crippen molar-refractivity contribution in [3.8, 4) is 0 Å². The molecule has 2 nitrogen and oxygen atoms in total. The van der Waals surface area contributed by atoms with E-state index in [9.17, 15) is 4.79 Å². The Balaban J connectivity index is 3.17. The Hall–Kier alpha value is -0.180.